The lowest BCUT2D eigenvalue weighted by atomic mass is 10.1. The van der Waals surface area contributed by atoms with E-state index in [1.54, 1.807) is 5.19 Å². The van der Waals surface area contributed by atoms with Gasteiger partial charge in [0, 0.05) is 31.9 Å². The summed E-state index contributed by atoms with van der Waals surface area (Å²) in [6, 6.07) is 17.7. The Morgan fingerprint density at radius 3 is 2.50 bits per heavy atom. The summed E-state index contributed by atoms with van der Waals surface area (Å²) in [4.78, 5) is 4.64. The van der Waals surface area contributed by atoms with Gasteiger partial charge < -0.3 is 0 Å². The number of pyridine rings is 1. The molecule has 0 amide bonds. The fourth-order valence-electron chi connectivity index (χ4n) is 3.34. The van der Waals surface area contributed by atoms with Crippen molar-refractivity contribution in [3.63, 3.8) is 0 Å². The van der Waals surface area contributed by atoms with Crippen LogP contribution in [0.4, 0.5) is 0 Å². The first-order valence-corrected chi connectivity index (χ1v) is 12.6. The molecule has 0 unspecified atom stereocenters. The van der Waals surface area contributed by atoms with E-state index in [0.717, 1.165) is 5.69 Å². The van der Waals surface area contributed by atoms with Gasteiger partial charge in [-0.05, 0) is 30.7 Å². The molecule has 0 saturated carbocycles. The normalized spacial score (nSPS) is 12.2. The van der Waals surface area contributed by atoms with Crippen LogP contribution in [0.5, 0.6) is 0 Å². The van der Waals surface area contributed by atoms with E-state index in [9.17, 15) is 0 Å². The summed E-state index contributed by atoms with van der Waals surface area (Å²) in [5.74, 6) is 0. The minimum Gasteiger partial charge on any atom is -0.256 e. The summed E-state index contributed by atoms with van der Waals surface area (Å²) in [6.07, 6.45) is 1.91. The van der Waals surface area contributed by atoms with Crippen molar-refractivity contribution in [1.29, 1.82) is 0 Å². The van der Waals surface area contributed by atoms with Gasteiger partial charge in [0.05, 0.1) is 13.8 Å². The average molecular weight is 348 g/mol. The van der Waals surface area contributed by atoms with Crippen LogP contribution in [-0.4, -0.2) is 13.1 Å². The molecule has 2 heterocycles. The van der Waals surface area contributed by atoms with E-state index in [0.29, 0.717) is 0 Å². The van der Waals surface area contributed by atoms with E-state index in [-0.39, 0.29) is 0 Å². The van der Waals surface area contributed by atoms with Crippen LogP contribution in [0.2, 0.25) is 19.6 Å². The lowest BCUT2D eigenvalue weighted by Gasteiger charge is -2.19. The Kier molecular flexibility index (Phi) is 3.59. The molecular formula is C21H21NSSi. The Morgan fingerprint density at radius 1 is 0.958 bits per heavy atom. The Labute approximate surface area is 148 Å². The third kappa shape index (κ3) is 2.48. The highest BCUT2D eigenvalue weighted by Crippen LogP contribution is 2.39. The third-order valence-electron chi connectivity index (χ3n) is 4.53. The lowest BCUT2D eigenvalue weighted by Crippen LogP contribution is -2.37. The van der Waals surface area contributed by atoms with Gasteiger partial charge in [0.2, 0.25) is 0 Å². The number of fused-ring (bicyclic) bond motifs is 3. The third-order valence-corrected chi connectivity index (χ3v) is 7.76. The molecule has 4 aromatic rings. The van der Waals surface area contributed by atoms with E-state index in [2.05, 4.69) is 80.1 Å². The highest BCUT2D eigenvalue weighted by molar-refractivity contribution is 7.26. The van der Waals surface area contributed by atoms with Crippen LogP contribution in [0.25, 0.3) is 31.4 Å². The van der Waals surface area contributed by atoms with Crippen molar-refractivity contribution in [2.45, 2.75) is 26.6 Å². The number of rotatable bonds is 2. The molecular weight excluding hydrogens is 326 g/mol. The van der Waals surface area contributed by atoms with Crippen molar-refractivity contribution in [3.8, 4) is 11.3 Å². The van der Waals surface area contributed by atoms with Crippen LogP contribution in [0, 0.1) is 6.92 Å². The molecule has 120 valence electrons. The van der Waals surface area contributed by atoms with Crippen molar-refractivity contribution >= 4 is 44.8 Å². The van der Waals surface area contributed by atoms with Crippen molar-refractivity contribution < 1.29 is 0 Å². The van der Waals surface area contributed by atoms with Crippen LogP contribution in [-0.2, 0) is 0 Å². The zero-order chi connectivity index (χ0) is 16.9. The number of aryl methyl sites for hydroxylation is 1. The topological polar surface area (TPSA) is 12.9 Å². The number of nitrogens with zero attached hydrogens (tertiary/aromatic N) is 1. The second-order valence-corrected chi connectivity index (χ2v) is 13.5. The predicted molar refractivity (Wildman–Crippen MR) is 110 cm³/mol. The van der Waals surface area contributed by atoms with Gasteiger partial charge in [-0.15, -0.1) is 11.3 Å². The van der Waals surface area contributed by atoms with Gasteiger partial charge >= 0.3 is 0 Å². The molecule has 24 heavy (non-hydrogen) atoms. The smallest absolute Gasteiger partial charge is 0.0784 e. The van der Waals surface area contributed by atoms with Crippen LogP contribution >= 0.6 is 11.3 Å². The lowest BCUT2D eigenvalue weighted by molar-refractivity contribution is 1.29. The molecule has 3 heteroatoms. The molecule has 0 aliphatic rings. The minimum absolute atomic E-state index is 1.08. The van der Waals surface area contributed by atoms with Gasteiger partial charge in [-0.25, -0.2) is 0 Å². The first-order chi connectivity index (χ1) is 11.4. The zero-order valence-electron chi connectivity index (χ0n) is 14.6. The number of benzene rings is 2. The highest BCUT2D eigenvalue weighted by Gasteiger charge is 2.23. The standard InChI is InChI=1S/C21H21NSSi/c1-14-11-12-22-17(13-14)15-9-10-19(24(2,3)4)20-16-7-5-6-8-18(16)23-21(15)20/h5-13H,1-4H3. The molecule has 0 spiro atoms. The number of hydrogen-bond donors (Lipinski definition) is 0. The Hall–Kier alpha value is -1.97. The molecule has 0 atom stereocenters. The van der Waals surface area contributed by atoms with Crippen LogP contribution in [0.1, 0.15) is 5.56 Å². The summed E-state index contributed by atoms with van der Waals surface area (Å²) in [5.41, 5.74) is 3.59. The summed E-state index contributed by atoms with van der Waals surface area (Å²) < 4.78 is 2.75. The molecule has 0 aliphatic heterocycles. The maximum absolute atomic E-state index is 4.64. The number of hydrogen-bond acceptors (Lipinski definition) is 2. The fourth-order valence-corrected chi connectivity index (χ4v) is 6.27. The van der Waals surface area contributed by atoms with Gasteiger partial charge in [0.1, 0.15) is 0 Å². The summed E-state index contributed by atoms with van der Waals surface area (Å²) in [6.45, 7) is 9.42. The van der Waals surface area contributed by atoms with Crippen molar-refractivity contribution in [2.24, 2.45) is 0 Å². The molecule has 0 bridgehead atoms. The second kappa shape index (κ2) is 5.54. The van der Waals surface area contributed by atoms with E-state index >= 15 is 0 Å². The van der Waals surface area contributed by atoms with E-state index in [1.807, 2.05) is 17.5 Å². The van der Waals surface area contributed by atoms with Crippen molar-refractivity contribution in [1.82, 2.24) is 4.98 Å². The van der Waals surface area contributed by atoms with Gasteiger partial charge in [0.15, 0.2) is 0 Å². The average Bonchev–Trinajstić information content (AvgIpc) is 2.92. The SMILES string of the molecule is Cc1ccnc(-c2ccc([Si](C)(C)C)c3c2sc2ccccc23)c1. The van der Waals surface area contributed by atoms with Gasteiger partial charge in [-0.3, -0.25) is 4.98 Å². The monoisotopic (exact) mass is 347 g/mol. The van der Waals surface area contributed by atoms with E-state index < -0.39 is 8.07 Å². The Balaban J connectivity index is 2.15. The van der Waals surface area contributed by atoms with Gasteiger partial charge in [-0.2, -0.15) is 0 Å². The van der Waals surface area contributed by atoms with E-state index in [4.69, 9.17) is 0 Å². The Morgan fingerprint density at radius 2 is 1.75 bits per heavy atom. The summed E-state index contributed by atoms with van der Waals surface area (Å²) in [5, 5.41) is 4.39. The molecule has 2 aromatic heterocycles. The maximum atomic E-state index is 4.64. The molecule has 1 nitrogen and oxygen atoms in total. The van der Waals surface area contributed by atoms with Crippen LogP contribution in [0.3, 0.4) is 0 Å². The van der Waals surface area contributed by atoms with Crippen molar-refractivity contribution in [3.05, 3.63) is 60.3 Å². The molecule has 2 aromatic carbocycles. The van der Waals surface area contributed by atoms with Gasteiger partial charge in [0.25, 0.3) is 0 Å². The molecule has 0 aliphatic carbocycles. The van der Waals surface area contributed by atoms with Crippen LogP contribution in [0.15, 0.2) is 54.7 Å². The quantitative estimate of drug-likeness (QED) is 0.407. The molecule has 4 rings (SSSR count). The molecule has 0 saturated heterocycles. The van der Waals surface area contributed by atoms with Gasteiger partial charge in [-0.1, -0.05) is 55.2 Å². The predicted octanol–water partition coefficient (Wildman–Crippen LogP) is 5.97. The van der Waals surface area contributed by atoms with Crippen LogP contribution < -0.4 is 5.19 Å². The first kappa shape index (κ1) is 15.5. The van der Waals surface area contributed by atoms with Crippen molar-refractivity contribution in [2.75, 3.05) is 0 Å². The van der Waals surface area contributed by atoms with E-state index in [1.165, 1.54) is 31.3 Å². The minimum atomic E-state index is -1.43. The second-order valence-electron chi connectivity index (χ2n) is 7.43. The molecule has 0 fully saturated rings. The first-order valence-electron chi connectivity index (χ1n) is 8.33. The molecule has 0 radical (unpaired) electrons. The number of thiophene rings is 1. The Bertz CT molecular complexity index is 1060. The zero-order valence-corrected chi connectivity index (χ0v) is 16.4. The fraction of sp³-hybridized carbons (Fsp3) is 0.190. The molecule has 0 N–H and O–H groups in total. The summed E-state index contributed by atoms with van der Waals surface area (Å²) >= 11 is 1.90. The number of aromatic nitrogens is 1. The summed E-state index contributed by atoms with van der Waals surface area (Å²) in [7, 11) is -1.43. The largest absolute Gasteiger partial charge is 0.256 e. The maximum Gasteiger partial charge on any atom is 0.0784 e. The highest BCUT2D eigenvalue weighted by atomic mass is 32.1.